The highest BCUT2D eigenvalue weighted by Crippen LogP contribution is 2.36. The van der Waals surface area contributed by atoms with Crippen molar-refractivity contribution in [3.63, 3.8) is 0 Å². The molecular weight excluding hydrogens is 356 g/mol. The summed E-state index contributed by atoms with van der Waals surface area (Å²) >= 11 is 1.62. The second kappa shape index (κ2) is 7.13. The van der Waals surface area contributed by atoms with Gasteiger partial charge in [-0.05, 0) is 35.7 Å². The molecule has 0 unspecified atom stereocenters. The summed E-state index contributed by atoms with van der Waals surface area (Å²) in [6.45, 7) is 0. The molecule has 1 aliphatic rings. The zero-order valence-electron chi connectivity index (χ0n) is 13.5. The van der Waals surface area contributed by atoms with E-state index in [-0.39, 0.29) is 0 Å². The van der Waals surface area contributed by atoms with Gasteiger partial charge in [-0.2, -0.15) is 0 Å². The molecule has 3 aromatic rings. The van der Waals surface area contributed by atoms with Gasteiger partial charge < -0.3 is 9.64 Å². The van der Waals surface area contributed by atoms with Crippen LogP contribution in [0, 0.1) is 11.6 Å². The molecule has 0 saturated heterocycles. The van der Waals surface area contributed by atoms with Crippen LogP contribution in [0.5, 0.6) is 11.5 Å². The van der Waals surface area contributed by atoms with E-state index < -0.39 is 17.4 Å². The normalized spacial score (nSPS) is 13.6. The van der Waals surface area contributed by atoms with Gasteiger partial charge in [0.1, 0.15) is 11.6 Å². The summed E-state index contributed by atoms with van der Waals surface area (Å²) in [5, 5.41) is 2.01. The highest BCUT2D eigenvalue weighted by atomic mass is 32.2. The van der Waals surface area contributed by atoms with Crippen molar-refractivity contribution in [2.75, 3.05) is 10.8 Å². The van der Waals surface area contributed by atoms with E-state index in [0.717, 1.165) is 23.5 Å². The number of para-hydroxylation sites is 1. The highest BCUT2D eigenvalue weighted by molar-refractivity contribution is 8.02. The molecule has 0 amide bonds. The lowest BCUT2D eigenvalue weighted by atomic mass is 10.2. The molecule has 4 rings (SSSR count). The van der Waals surface area contributed by atoms with Crippen molar-refractivity contribution in [2.24, 2.45) is 0 Å². The number of rotatable bonds is 4. The highest BCUT2D eigenvalue weighted by Gasteiger charge is 2.21. The number of anilines is 1. The number of hydrogen-bond acceptors (Lipinski definition) is 5. The summed E-state index contributed by atoms with van der Waals surface area (Å²) in [5.74, 6) is -0.363. The number of thioether (sulfide) groups is 1. The van der Waals surface area contributed by atoms with Crippen LogP contribution in [0.4, 0.5) is 14.6 Å². The van der Waals surface area contributed by atoms with E-state index >= 15 is 0 Å². The lowest BCUT2D eigenvalue weighted by Crippen LogP contribution is -2.18. The van der Waals surface area contributed by atoms with Gasteiger partial charge in [0.05, 0.1) is 17.3 Å². The predicted octanol–water partition coefficient (Wildman–Crippen LogP) is 5.06. The van der Waals surface area contributed by atoms with Crippen molar-refractivity contribution in [3.8, 4) is 11.5 Å². The molecule has 0 radical (unpaired) electrons. The average Bonchev–Trinajstić information content (AvgIpc) is 3.16. The lowest BCUT2D eigenvalue weighted by molar-refractivity contribution is 0.407. The third kappa shape index (κ3) is 3.25. The zero-order chi connectivity index (χ0) is 17.9. The fourth-order valence-corrected chi connectivity index (χ4v) is 3.44. The van der Waals surface area contributed by atoms with Crippen molar-refractivity contribution in [3.05, 3.63) is 83.7 Å². The van der Waals surface area contributed by atoms with Crippen LogP contribution in [0.15, 0.2) is 66.3 Å². The van der Waals surface area contributed by atoms with E-state index in [0.29, 0.717) is 17.4 Å². The second-order valence-corrected chi connectivity index (χ2v) is 6.27. The fraction of sp³-hybridized carbons (Fsp3) is 0.0526. The Balaban J connectivity index is 1.63. The first-order chi connectivity index (χ1) is 12.7. The Morgan fingerprint density at radius 1 is 0.962 bits per heavy atom. The van der Waals surface area contributed by atoms with Gasteiger partial charge in [0, 0.05) is 18.5 Å². The summed E-state index contributed by atoms with van der Waals surface area (Å²) in [6, 6.07) is 12.5. The van der Waals surface area contributed by atoms with Gasteiger partial charge in [0.25, 0.3) is 0 Å². The summed E-state index contributed by atoms with van der Waals surface area (Å²) in [6.07, 6.45) is 3.27. The van der Waals surface area contributed by atoms with E-state index in [1.165, 1.54) is 6.07 Å². The summed E-state index contributed by atoms with van der Waals surface area (Å²) in [4.78, 5) is 10.7. The standard InChI is InChI=1S/C19H13F2N3OS/c20-14-4-3-5-15(21)19(14)25-13-7-9-23-18(10-13)24-12-26-11-17(24)16-6-1-2-8-22-16/h1-11H,12H2. The average molecular weight is 369 g/mol. The molecule has 130 valence electrons. The second-order valence-electron chi connectivity index (χ2n) is 5.44. The molecule has 0 spiro atoms. The van der Waals surface area contributed by atoms with Crippen LogP contribution < -0.4 is 9.64 Å². The van der Waals surface area contributed by atoms with Crippen LogP contribution in [-0.4, -0.2) is 15.8 Å². The minimum absolute atomic E-state index is 0.302. The fourth-order valence-electron chi connectivity index (χ4n) is 2.54. The van der Waals surface area contributed by atoms with Crippen molar-refractivity contribution in [1.82, 2.24) is 9.97 Å². The van der Waals surface area contributed by atoms with Gasteiger partial charge >= 0.3 is 0 Å². The maximum atomic E-state index is 13.8. The maximum Gasteiger partial charge on any atom is 0.198 e. The van der Waals surface area contributed by atoms with Crippen molar-refractivity contribution < 1.29 is 13.5 Å². The summed E-state index contributed by atoms with van der Waals surface area (Å²) in [5.41, 5.74) is 1.74. The number of pyridine rings is 2. The third-order valence-corrected chi connectivity index (χ3v) is 4.55. The first-order valence-corrected chi connectivity index (χ1v) is 8.86. The molecule has 4 nitrogen and oxygen atoms in total. The Morgan fingerprint density at radius 2 is 1.81 bits per heavy atom. The molecule has 1 aliphatic heterocycles. The SMILES string of the molecule is Fc1cccc(F)c1Oc1ccnc(N2CSC=C2c2ccccn2)c1. The third-order valence-electron chi connectivity index (χ3n) is 3.75. The maximum absolute atomic E-state index is 13.8. The molecular formula is C19H13F2N3OS. The molecule has 1 aromatic carbocycles. The summed E-state index contributed by atoms with van der Waals surface area (Å²) < 4.78 is 33.0. The lowest BCUT2D eigenvalue weighted by Gasteiger charge is -2.20. The van der Waals surface area contributed by atoms with Crippen molar-refractivity contribution in [1.29, 1.82) is 0 Å². The van der Waals surface area contributed by atoms with Gasteiger partial charge in [0.15, 0.2) is 17.4 Å². The molecule has 0 fully saturated rings. The smallest absolute Gasteiger partial charge is 0.198 e. The Morgan fingerprint density at radius 3 is 2.58 bits per heavy atom. The number of benzene rings is 1. The van der Waals surface area contributed by atoms with Gasteiger partial charge in [0.2, 0.25) is 0 Å². The van der Waals surface area contributed by atoms with Crippen molar-refractivity contribution >= 4 is 23.3 Å². The molecule has 0 atom stereocenters. The van der Waals surface area contributed by atoms with Crippen molar-refractivity contribution in [2.45, 2.75) is 0 Å². The first kappa shape index (κ1) is 16.5. The van der Waals surface area contributed by atoms with Gasteiger partial charge in [-0.25, -0.2) is 13.8 Å². The monoisotopic (exact) mass is 369 g/mol. The molecule has 0 aliphatic carbocycles. The van der Waals surface area contributed by atoms with Crippen LogP contribution in [0.3, 0.4) is 0 Å². The largest absolute Gasteiger partial charge is 0.451 e. The Hall–Kier alpha value is -2.93. The quantitative estimate of drug-likeness (QED) is 0.643. The molecule has 0 saturated carbocycles. The Kier molecular flexibility index (Phi) is 4.53. The van der Waals surface area contributed by atoms with Crippen LogP contribution in [0.2, 0.25) is 0 Å². The number of aromatic nitrogens is 2. The van der Waals surface area contributed by atoms with E-state index in [9.17, 15) is 8.78 Å². The van der Waals surface area contributed by atoms with E-state index in [1.54, 1.807) is 36.3 Å². The van der Waals surface area contributed by atoms with Gasteiger partial charge in [-0.3, -0.25) is 4.98 Å². The molecule has 3 heterocycles. The van der Waals surface area contributed by atoms with Crippen LogP contribution >= 0.6 is 11.8 Å². The Labute approximate surface area is 153 Å². The molecule has 7 heteroatoms. The molecule has 0 bridgehead atoms. The number of ether oxygens (including phenoxy) is 1. The minimum Gasteiger partial charge on any atom is -0.451 e. The molecule has 0 N–H and O–H groups in total. The van der Waals surface area contributed by atoms with E-state index in [4.69, 9.17) is 4.74 Å². The Bertz CT molecular complexity index is 946. The molecule has 26 heavy (non-hydrogen) atoms. The van der Waals surface area contributed by atoms with E-state index in [1.807, 2.05) is 28.5 Å². The van der Waals surface area contributed by atoms with Crippen LogP contribution in [0.25, 0.3) is 5.70 Å². The van der Waals surface area contributed by atoms with E-state index in [2.05, 4.69) is 9.97 Å². The van der Waals surface area contributed by atoms with Gasteiger partial charge in [-0.1, -0.05) is 12.1 Å². The first-order valence-electron chi connectivity index (χ1n) is 7.81. The number of nitrogens with zero attached hydrogens (tertiary/aromatic N) is 3. The van der Waals surface area contributed by atoms with Crippen LogP contribution in [0.1, 0.15) is 5.69 Å². The van der Waals surface area contributed by atoms with Gasteiger partial charge in [-0.15, -0.1) is 11.8 Å². The minimum atomic E-state index is -0.755. The molecule has 2 aromatic heterocycles. The number of hydrogen-bond donors (Lipinski definition) is 0. The zero-order valence-corrected chi connectivity index (χ0v) is 14.3. The van der Waals surface area contributed by atoms with Crippen LogP contribution in [-0.2, 0) is 0 Å². The number of halogens is 2. The summed E-state index contributed by atoms with van der Waals surface area (Å²) in [7, 11) is 0. The predicted molar refractivity (Wildman–Crippen MR) is 97.8 cm³/mol. The topological polar surface area (TPSA) is 38.2 Å².